The molecule has 1 rings (SSSR count). The molecule has 0 bridgehead atoms. The van der Waals surface area contributed by atoms with E-state index in [9.17, 15) is 13.6 Å². The molecule has 0 saturated carbocycles. The Bertz CT molecular complexity index is 441. The summed E-state index contributed by atoms with van der Waals surface area (Å²) in [6.07, 6.45) is 7.29. The van der Waals surface area contributed by atoms with Gasteiger partial charge in [-0.05, 0) is 25.0 Å². The van der Waals surface area contributed by atoms with E-state index in [4.69, 9.17) is 6.42 Å². The lowest BCUT2D eigenvalue weighted by atomic mass is 10.2. The lowest BCUT2D eigenvalue weighted by Gasteiger charge is -2.05. The molecule has 3 nitrogen and oxygen atoms in total. The van der Waals surface area contributed by atoms with E-state index in [-0.39, 0.29) is 18.0 Å². The third-order valence-electron chi connectivity index (χ3n) is 2.06. The number of hydrogen-bond acceptors (Lipinski definition) is 2. The van der Waals surface area contributed by atoms with E-state index in [0.717, 1.165) is 18.6 Å². The molecule has 0 aliphatic heterocycles. The number of carbonyl (C=O) groups excluding carboxylic acids is 1. The third kappa shape index (κ3) is 4.60. The third-order valence-corrected chi connectivity index (χ3v) is 2.06. The van der Waals surface area contributed by atoms with Gasteiger partial charge in [0.15, 0.2) is 0 Å². The first kappa shape index (κ1) is 13.1. The van der Waals surface area contributed by atoms with Crippen molar-refractivity contribution < 1.29 is 13.6 Å². The van der Waals surface area contributed by atoms with Crippen LogP contribution in [0.2, 0.25) is 0 Å². The van der Waals surface area contributed by atoms with Gasteiger partial charge in [0.05, 0.1) is 5.69 Å². The van der Waals surface area contributed by atoms with E-state index in [1.54, 1.807) is 0 Å². The maximum atomic E-state index is 13.1. The average Bonchev–Trinajstić information content (AvgIpc) is 2.28. The molecule has 0 fully saturated rings. The van der Waals surface area contributed by atoms with Gasteiger partial charge in [-0.1, -0.05) is 0 Å². The van der Waals surface area contributed by atoms with Crippen molar-refractivity contribution in [2.24, 2.45) is 0 Å². The molecule has 1 heterocycles. The van der Waals surface area contributed by atoms with Crippen molar-refractivity contribution in [2.75, 3.05) is 5.32 Å². The first-order valence-corrected chi connectivity index (χ1v) is 5.19. The zero-order valence-electron chi connectivity index (χ0n) is 9.17. The Morgan fingerprint density at radius 3 is 2.82 bits per heavy atom. The lowest BCUT2D eigenvalue weighted by molar-refractivity contribution is -0.116. The molecule has 1 aromatic heterocycles. The minimum atomic E-state index is -1.03. The number of nitrogens with zero attached hydrogens (tertiary/aromatic N) is 1. The topological polar surface area (TPSA) is 42.0 Å². The van der Waals surface area contributed by atoms with Crippen LogP contribution >= 0.6 is 0 Å². The summed E-state index contributed by atoms with van der Waals surface area (Å²) >= 11 is 0. The molecule has 0 atom stereocenters. The zero-order chi connectivity index (χ0) is 12.7. The van der Waals surface area contributed by atoms with Crippen molar-refractivity contribution in [3.63, 3.8) is 0 Å². The van der Waals surface area contributed by atoms with Crippen LogP contribution in [0.5, 0.6) is 0 Å². The highest BCUT2D eigenvalue weighted by molar-refractivity contribution is 5.90. The van der Waals surface area contributed by atoms with Crippen molar-refractivity contribution in [3.05, 3.63) is 24.0 Å². The molecule has 0 radical (unpaired) electrons. The van der Waals surface area contributed by atoms with Crippen LogP contribution in [-0.2, 0) is 4.79 Å². The molecule has 0 aromatic carbocycles. The van der Waals surface area contributed by atoms with E-state index in [2.05, 4.69) is 16.2 Å². The van der Waals surface area contributed by atoms with E-state index < -0.39 is 11.9 Å². The van der Waals surface area contributed by atoms with E-state index in [1.165, 1.54) is 0 Å². The molecule has 1 amide bonds. The monoisotopic (exact) mass is 238 g/mol. The first-order valence-electron chi connectivity index (χ1n) is 5.19. The van der Waals surface area contributed by atoms with Crippen molar-refractivity contribution in [1.82, 2.24) is 4.98 Å². The average molecular weight is 238 g/mol. The molecule has 0 aliphatic rings. The normalized spacial score (nSPS) is 9.71. The smallest absolute Gasteiger partial charge is 0.239 e. The minimum Gasteiger partial charge on any atom is -0.322 e. The molecule has 0 spiro atoms. The number of aromatic nitrogens is 1. The molecule has 90 valence electrons. The van der Waals surface area contributed by atoms with Crippen molar-refractivity contribution in [1.29, 1.82) is 0 Å². The summed E-state index contributed by atoms with van der Waals surface area (Å²) in [7, 11) is 0. The number of carbonyl (C=O) groups is 1. The number of amides is 1. The van der Waals surface area contributed by atoms with Crippen molar-refractivity contribution in [2.45, 2.75) is 25.7 Å². The van der Waals surface area contributed by atoms with Crippen LogP contribution in [0.15, 0.2) is 12.1 Å². The summed E-state index contributed by atoms with van der Waals surface area (Å²) in [5.74, 6) is 0.177. The van der Waals surface area contributed by atoms with Gasteiger partial charge in [0.2, 0.25) is 17.8 Å². The number of nitrogens with one attached hydrogen (secondary N) is 1. The fraction of sp³-hybridized carbons (Fsp3) is 0.333. The predicted molar refractivity (Wildman–Crippen MR) is 60.1 cm³/mol. The van der Waals surface area contributed by atoms with E-state index in [1.807, 2.05) is 0 Å². The first-order chi connectivity index (χ1) is 8.13. The summed E-state index contributed by atoms with van der Waals surface area (Å²) in [5, 5.41) is 2.32. The molecule has 17 heavy (non-hydrogen) atoms. The van der Waals surface area contributed by atoms with Crippen LogP contribution in [0.4, 0.5) is 14.5 Å². The van der Waals surface area contributed by atoms with Gasteiger partial charge in [-0.15, -0.1) is 12.3 Å². The highest BCUT2D eigenvalue weighted by atomic mass is 19.1. The van der Waals surface area contributed by atoms with Crippen LogP contribution in [-0.4, -0.2) is 10.9 Å². The molecule has 0 aliphatic carbocycles. The Kier molecular flexibility index (Phi) is 5.08. The van der Waals surface area contributed by atoms with Gasteiger partial charge in [0, 0.05) is 12.8 Å². The summed E-state index contributed by atoms with van der Waals surface area (Å²) in [6, 6.07) is 2.12. The van der Waals surface area contributed by atoms with Crippen molar-refractivity contribution in [3.8, 4) is 12.3 Å². The second-order valence-corrected chi connectivity index (χ2v) is 3.43. The van der Waals surface area contributed by atoms with E-state index >= 15 is 0 Å². The molecule has 0 saturated heterocycles. The molecular weight excluding hydrogens is 226 g/mol. The largest absolute Gasteiger partial charge is 0.322 e. The van der Waals surface area contributed by atoms with Gasteiger partial charge < -0.3 is 5.32 Å². The lowest BCUT2D eigenvalue weighted by Crippen LogP contribution is -2.13. The van der Waals surface area contributed by atoms with Gasteiger partial charge in [0.25, 0.3) is 0 Å². The molecule has 5 heteroatoms. The Hall–Kier alpha value is -1.96. The maximum Gasteiger partial charge on any atom is 0.239 e. The van der Waals surface area contributed by atoms with Crippen LogP contribution in [0, 0.1) is 24.2 Å². The number of halogens is 2. The van der Waals surface area contributed by atoms with Crippen LogP contribution in [0.3, 0.4) is 0 Å². The standard InChI is InChI=1S/C12H12F2N2O/c1-2-3-4-5-6-11(17)15-9-7-8-10(13)16-12(9)14/h1,7-8H,3-6H2,(H,15,17). The van der Waals surface area contributed by atoms with Crippen molar-refractivity contribution >= 4 is 11.6 Å². The van der Waals surface area contributed by atoms with Crippen LogP contribution < -0.4 is 5.32 Å². The quantitative estimate of drug-likeness (QED) is 0.486. The minimum absolute atomic E-state index is 0.117. The number of terminal acetylenes is 1. The molecule has 1 N–H and O–H groups in total. The fourth-order valence-corrected chi connectivity index (χ4v) is 1.23. The Morgan fingerprint density at radius 1 is 1.41 bits per heavy atom. The number of pyridine rings is 1. The zero-order valence-corrected chi connectivity index (χ0v) is 9.17. The number of unbranched alkanes of at least 4 members (excludes halogenated alkanes) is 2. The number of rotatable bonds is 5. The highest BCUT2D eigenvalue weighted by Gasteiger charge is 2.08. The summed E-state index contributed by atoms with van der Waals surface area (Å²) < 4.78 is 25.6. The van der Waals surface area contributed by atoms with E-state index in [0.29, 0.717) is 12.8 Å². The summed E-state index contributed by atoms with van der Waals surface area (Å²) in [5.41, 5.74) is -0.117. The van der Waals surface area contributed by atoms with Gasteiger partial charge >= 0.3 is 0 Å². The molecular formula is C12H12F2N2O. The Labute approximate surface area is 98.2 Å². The van der Waals surface area contributed by atoms with Gasteiger partial charge in [-0.25, -0.2) is 0 Å². The summed E-state index contributed by atoms with van der Waals surface area (Å²) in [4.78, 5) is 14.3. The number of anilines is 1. The Balaban J connectivity index is 2.43. The highest BCUT2D eigenvalue weighted by Crippen LogP contribution is 2.12. The SMILES string of the molecule is C#CCCCCC(=O)Nc1ccc(F)nc1F. The molecule has 0 unspecified atom stereocenters. The second kappa shape index (κ2) is 6.59. The van der Waals surface area contributed by atoms with Gasteiger partial charge in [-0.2, -0.15) is 13.8 Å². The fourth-order valence-electron chi connectivity index (χ4n) is 1.23. The van der Waals surface area contributed by atoms with Crippen LogP contribution in [0.1, 0.15) is 25.7 Å². The predicted octanol–water partition coefficient (Wildman–Crippen LogP) is 2.49. The summed E-state index contributed by atoms with van der Waals surface area (Å²) in [6.45, 7) is 0. The van der Waals surface area contributed by atoms with Crippen LogP contribution in [0.25, 0.3) is 0 Å². The number of hydrogen-bond donors (Lipinski definition) is 1. The maximum absolute atomic E-state index is 13.1. The molecule has 1 aromatic rings. The Morgan fingerprint density at radius 2 is 2.18 bits per heavy atom. The van der Waals surface area contributed by atoms with Gasteiger partial charge in [-0.3, -0.25) is 4.79 Å². The second-order valence-electron chi connectivity index (χ2n) is 3.43. The van der Waals surface area contributed by atoms with Gasteiger partial charge in [0.1, 0.15) is 0 Å².